The molecule has 0 aromatic heterocycles. The predicted molar refractivity (Wildman–Crippen MR) is 140 cm³/mol. The normalized spacial score (nSPS) is 21.4. The third kappa shape index (κ3) is 5.67. The molecule has 0 spiro atoms. The van der Waals surface area contributed by atoms with Gasteiger partial charge in [-0.3, -0.25) is 14.4 Å². The Morgan fingerprint density at radius 1 is 1.26 bits per heavy atom. The number of amides is 2. The van der Waals surface area contributed by atoms with E-state index in [1.807, 2.05) is 13.8 Å². The average Bonchev–Trinajstić information content (AvgIpc) is 3.31. The number of aliphatic hydroxyl groups excluding tert-OH is 2. The van der Waals surface area contributed by atoms with E-state index in [-0.39, 0.29) is 60.6 Å². The molecule has 1 aliphatic carbocycles. The Morgan fingerprint density at radius 2 is 2.00 bits per heavy atom. The molecule has 2 amide bonds. The van der Waals surface area contributed by atoms with E-state index in [1.165, 1.54) is 30.2 Å². The zero-order chi connectivity index (χ0) is 28.3. The topological polar surface area (TPSA) is 125 Å². The van der Waals surface area contributed by atoms with Crippen LogP contribution in [0.1, 0.15) is 47.7 Å². The van der Waals surface area contributed by atoms with E-state index in [0.717, 1.165) is 0 Å². The summed E-state index contributed by atoms with van der Waals surface area (Å²) in [4.78, 5) is 39.8. The first-order chi connectivity index (χ1) is 18.7. The molecule has 0 radical (unpaired) electrons. The van der Waals surface area contributed by atoms with Gasteiger partial charge in [0.05, 0.1) is 25.7 Å². The standard InChI is InChI=1S/C29H33FN2O7/c1-16(2)10-24(35)32(14-18-6-4-5-7-21(18)30)22-13-20(29(37)31-8-9-33)25-19-11-17(15-34)12-23(38-3)27(19)39-28(25)26(22)36/h4-7,11-13,15-16,22,25-26,28,33,36H,8-10,14H2,1-3H3,(H,31,37)/t22-,25+,26+,28+/m1/s1. The van der Waals surface area contributed by atoms with Crippen LogP contribution in [-0.2, 0) is 16.1 Å². The summed E-state index contributed by atoms with van der Waals surface area (Å²) in [5.41, 5.74) is 1.24. The summed E-state index contributed by atoms with van der Waals surface area (Å²) in [5, 5.41) is 23.6. The zero-order valence-corrected chi connectivity index (χ0v) is 22.1. The number of fused-ring (bicyclic) bond motifs is 3. The lowest BCUT2D eigenvalue weighted by atomic mass is 9.77. The summed E-state index contributed by atoms with van der Waals surface area (Å²) in [6.07, 6.45) is -0.00670. The Labute approximate surface area is 226 Å². The van der Waals surface area contributed by atoms with Gasteiger partial charge in [-0.15, -0.1) is 0 Å². The van der Waals surface area contributed by atoms with Crippen molar-refractivity contribution in [3.63, 3.8) is 0 Å². The lowest BCUT2D eigenvalue weighted by molar-refractivity contribution is -0.138. The first kappa shape index (κ1) is 28.3. The summed E-state index contributed by atoms with van der Waals surface area (Å²) in [7, 11) is 1.42. The molecule has 2 aliphatic rings. The van der Waals surface area contributed by atoms with Crippen molar-refractivity contribution in [2.75, 3.05) is 20.3 Å². The highest BCUT2D eigenvalue weighted by Crippen LogP contribution is 2.51. The fourth-order valence-corrected chi connectivity index (χ4v) is 5.20. The minimum atomic E-state index is -1.30. The molecule has 2 aromatic rings. The Kier molecular flexibility index (Phi) is 8.66. The molecular formula is C29H33FN2O7. The molecule has 1 aliphatic heterocycles. The quantitative estimate of drug-likeness (QED) is 0.395. The highest BCUT2D eigenvalue weighted by molar-refractivity contribution is 5.96. The van der Waals surface area contributed by atoms with E-state index in [1.54, 1.807) is 24.3 Å². The van der Waals surface area contributed by atoms with Crippen molar-refractivity contribution < 1.29 is 38.5 Å². The minimum Gasteiger partial charge on any atom is -0.493 e. The number of halogens is 1. The Balaban J connectivity index is 1.84. The van der Waals surface area contributed by atoms with Gasteiger partial charge >= 0.3 is 0 Å². The number of carbonyl (C=O) groups excluding carboxylic acids is 3. The second-order valence-electron chi connectivity index (χ2n) is 10.1. The first-order valence-corrected chi connectivity index (χ1v) is 12.9. The molecule has 0 fully saturated rings. The fraction of sp³-hybridized carbons (Fsp3) is 0.414. The molecule has 4 atom stereocenters. The number of hydrogen-bond donors (Lipinski definition) is 3. The number of benzene rings is 2. The predicted octanol–water partition coefficient (Wildman–Crippen LogP) is 2.34. The number of rotatable bonds is 10. The smallest absolute Gasteiger partial charge is 0.247 e. The van der Waals surface area contributed by atoms with Crippen molar-refractivity contribution in [1.82, 2.24) is 10.2 Å². The van der Waals surface area contributed by atoms with Crippen molar-refractivity contribution in [2.24, 2.45) is 5.92 Å². The van der Waals surface area contributed by atoms with Gasteiger partial charge in [-0.25, -0.2) is 4.39 Å². The lowest BCUT2D eigenvalue weighted by Crippen LogP contribution is -2.55. The van der Waals surface area contributed by atoms with Gasteiger partial charge < -0.3 is 29.9 Å². The van der Waals surface area contributed by atoms with Crippen molar-refractivity contribution >= 4 is 18.1 Å². The van der Waals surface area contributed by atoms with Crippen molar-refractivity contribution in [1.29, 1.82) is 0 Å². The van der Waals surface area contributed by atoms with Gasteiger partial charge in [0, 0.05) is 41.8 Å². The van der Waals surface area contributed by atoms with Crippen molar-refractivity contribution in [3.05, 3.63) is 70.6 Å². The molecule has 2 aromatic carbocycles. The van der Waals surface area contributed by atoms with Crippen LogP contribution in [0.4, 0.5) is 4.39 Å². The summed E-state index contributed by atoms with van der Waals surface area (Å²) in [6.45, 7) is 3.32. The molecule has 0 unspecified atom stereocenters. The van der Waals surface area contributed by atoms with Crippen LogP contribution in [0.15, 0.2) is 48.0 Å². The van der Waals surface area contributed by atoms with Gasteiger partial charge in [0.25, 0.3) is 0 Å². The van der Waals surface area contributed by atoms with E-state index >= 15 is 0 Å². The van der Waals surface area contributed by atoms with E-state index in [9.17, 15) is 29.0 Å². The minimum absolute atomic E-state index is 0.0107. The average molecular weight is 541 g/mol. The lowest BCUT2D eigenvalue weighted by Gasteiger charge is -2.41. The van der Waals surface area contributed by atoms with Crippen molar-refractivity contribution in [2.45, 2.75) is 51.0 Å². The maximum Gasteiger partial charge on any atom is 0.247 e. The van der Waals surface area contributed by atoms with E-state index in [2.05, 4.69) is 5.32 Å². The van der Waals surface area contributed by atoms with E-state index < -0.39 is 35.9 Å². The number of aliphatic hydroxyl groups is 2. The molecule has 3 N–H and O–H groups in total. The van der Waals surface area contributed by atoms with Gasteiger partial charge in [-0.1, -0.05) is 32.0 Å². The molecule has 0 bridgehead atoms. The van der Waals surface area contributed by atoms with Crippen LogP contribution in [0.5, 0.6) is 11.5 Å². The molecule has 39 heavy (non-hydrogen) atoms. The van der Waals surface area contributed by atoms with Crippen LogP contribution in [-0.4, -0.2) is 71.7 Å². The molecule has 10 heteroatoms. The second kappa shape index (κ2) is 12.0. The molecular weight excluding hydrogens is 507 g/mol. The third-order valence-electron chi connectivity index (χ3n) is 6.97. The van der Waals surface area contributed by atoms with Gasteiger partial charge in [-0.2, -0.15) is 0 Å². The summed E-state index contributed by atoms with van der Waals surface area (Å²) in [6, 6.07) is 8.12. The van der Waals surface area contributed by atoms with Crippen LogP contribution >= 0.6 is 0 Å². The fourth-order valence-electron chi connectivity index (χ4n) is 5.20. The van der Waals surface area contributed by atoms with Gasteiger partial charge in [0.1, 0.15) is 24.3 Å². The molecule has 0 saturated heterocycles. The van der Waals surface area contributed by atoms with E-state index in [0.29, 0.717) is 17.4 Å². The van der Waals surface area contributed by atoms with Crippen LogP contribution < -0.4 is 14.8 Å². The second-order valence-corrected chi connectivity index (χ2v) is 10.1. The molecule has 9 nitrogen and oxygen atoms in total. The summed E-state index contributed by atoms with van der Waals surface area (Å²) in [5.74, 6) is -1.58. The van der Waals surface area contributed by atoms with Gasteiger partial charge in [-0.05, 0) is 30.2 Å². The summed E-state index contributed by atoms with van der Waals surface area (Å²) < 4.78 is 26.3. The highest BCUT2D eigenvalue weighted by atomic mass is 19.1. The maximum absolute atomic E-state index is 14.7. The van der Waals surface area contributed by atoms with Crippen LogP contribution in [0, 0.1) is 11.7 Å². The van der Waals surface area contributed by atoms with Crippen LogP contribution in [0.3, 0.4) is 0 Å². The van der Waals surface area contributed by atoms with Gasteiger partial charge in [0.2, 0.25) is 11.8 Å². The number of methoxy groups -OCH3 is 1. The summed E-state index contributed by atoms with van der Waals surface area (Å²) >= 11 is 0. The SMILES string of the molecule is COc1cc(C=O)cc2c1O[C@@H]1[C@@H](O)[C@H](N(Cc3ccccc3F)C(=O)CC(C)C)C=C(C(=O)NCCO)[C@H]21. The molecule has 1 heterocycles. The first-order valence-electron chi connectivity index (χ1n) is 12.9. The zero-order valence-electron chi connectivity index (χ0n) is 22.1. The number of carbonyl (C=O) groups is 3. The number of ether oxygens (including phenoxy) is 2. The number of nitrogens with one attached hydrogen (secondary N) is 1. The Bertz CT molecular complexity index is 1280. The van der Waals surface area contributed by atoms with E-state index in [4.69, 9.17) is 9.47 Å². The highest BCUT2D eigenvalue weighted by Gasteiger charge is 2.51. The van der Waals surface area contributed by atoms with Gasteiger partial charge in [0.15, 0.2) is 11.5 Å². The van der Waals surface area contributed by atoms with Crippen LogP contribution in [0.2, 0.25) is 0 Å². The number of nitrogens with zero attached hydrogens (tertiary/aromatic N) is 1. The molecule has 4 rings (SSSR count). The third-order valence-corrected chi connectivity index (χ3v) is 6.97. The monoisotopic (exact) mass is 540 g/mol. The Morgan fingerprint density at radius 3 is 2.64 bits per heavy atom. The molecule has 208 valence electrons. The Hall–Kier alpha value is -3.76. The van der Waals surface area contributed by atoms with Crippen LogP contribution in [0.25, 0.3) is 0 Å². The molecule has 0 saturated carbocycles. The number of hydrogen-bond acceptors (Lipinski definition) is 7. The van der Waals surface area contributed by atoms with Crippen molar-refractivity contribution in [3.8, 4) is 11.5 Å². The largest absolute Gasteiger partial charge is 0.493 e. The maximum atomic E-state index is 14.7. The number of aldehydes is 1.